The lowest BCUT2D eigenvalue weighted by atomic mass is 10.1. The van der Waals surface area contributed by atoms with Gasteiger partial charge in [0.05, 0.1) is 30.5 Å². The number of carbonyl (C=O) groups is 3. The van der Waals surface area contributed by atoms with E-state index in [1.807, 2.05) is 0 Å². The number of hydrogen-bond acceptors (Lipinski definition) is 7. The Labute approximate surface area is 173 Å². The van der Waals surface area contributed by atoms with Gasteiger partial charge in [0.2, 0.25) is 5.91 Å². The number of fused-ring (bicyclic) bond motifs is 1. The molecule has 0 radical (unpaired) electrons. The molecule has 0 spiro atoms. The van der Waals surface area contributed by atoms with E-state index in [-0.39, 0.29) is 33.9 Å². The van der Waals surface area contributed by atoms with Crippen molar-refractivity contribution < 1.29 is 32.6 Å². The number of phenolic OH excluding ortho intramolecular Hbond substituents is 1. The maximum atomic E-state index is 13.0. The van der Waals surface area contributed by atoms with E-state index in [1.54, 1.807) is 0 Å². The first-order chi connectivity index (χ1) is 14.0. The zero-order valence-corrected chi connectivity index (χ0v) is 17.3. The third-order valence-corrected chi connectivity index (χ3v) is 6.20. The van der Waals surface area contributed by atoms with Gasteiger partial charge in [0.1, 0.15) is 5.25 Å². The number of nitrogens with one attached hydrogen (secondary N) is 1. The van der Waals surface area contributed by atoms with E-state index in [0.29, 0.717) is 0 Å². The summed E-state index contributed by atoms with van der Waals surface area (Å²) in [5.74, 6) is -1.88. The third-order valence-electron chi connectivity index (χ3n) is 4.75. The molecular weight excluding hydrogens is 412 g/mol. The van der Waals surface area contributed by atoms with Gasteiger partial charge in [-0.05, 0) is 29.8 Å². The van der Waals surface area contributed by atoms with Crippen LogP contribution in [0.4, 0.5) is 5.69 Å². The minimum absolute atomic E-state index is 0.0162. The fourth-order valence-corrected chi connectivity index (χ4v) is 4.42. The Hall–Kier alpha value is -3.40. The molecule has 0 aliphatic carbocycles. The van der Waals surface area contributed by atoms with Gasteiger partial charge in [0.25, 0.3) is 11.8 Å². The van der Waals surface area contributed by atoms with Gasteiger partial charge in [0.15, 0.2) is 21.3 Å². The Kier molecular flexibility index (Phi) is 5.53. The van der Waals surface area contributed by atoms with Crippen molar-refractivity contribution in [2.45, 2.75) is 12.2 Å². The molecule has 2 aromatic carbocycles. The van der Waals surface area contributed by atoms with Crippen molar-refractivity contribution in [2.75, 3.05) is 25.2 Å². The Morgan fingerprint density at radius 2 is 1.90 bits per heavy atom. The molecule has 1 unspecified atom stereocenters. The number of ether oxygens (including phenoxy) is 1. The van der Waals surface area contributed by atoms with E-state index in [0.717, 1.165) is 11.2 Å². The first-order valence-electron chi connectivity index (χ1n) is 8.87. The second-order valence-electron chi connectivity index (χ2n) is 6.88. The lowest BCUT2D eigenvalue weighted by molar-refractivity contribution is -0.114. The van der Waals surface area contributed by atoms with Gasteiger partial charge in [-0.3, -0.25) is 19.3 Å². The summed E-state index contributed by atoms with van der Waals surface area (Å²) in [6, 6.07) is 8.53. The number of carbonyl (C=O) groups excluding carboxylic acids is 3. The summed E-state index contributed by atoms with van der Waals surface area (Å²) in [5, 5.41) is 11.3. The van der Waals surface area contributed by atoms with Crippen LogP contribution in [0.5, 0.6) is 11.5 Å². The molecule has 10 heteroatoms. The maximum absolute atomic E-state index is 13.0. The molecule has 0 saturated carbocycles. The number of phenols is 1. The summed E-state index contributed by atoms with van der Waals surface area (Å²) in [5.41, 5.74) is 0.479. The van der Waals surface area contributed by atoms with E-state index >= 15 is 0 Å². The molecule has 9 nitrogen and oxygen atoms in total. The molecule has 0 aromatic heterocycles. The van der Waals surface area contributed by atoms with E-state index < -0.39 is 39.4 Å². The standard InChI is InChI=1S/C20H20N2O7S/c1-11(23)21-14-6-4-5-13-18(14)20(26)22(19(13)25)10-17(30(3,27)28)12-7-8-16(29-2)15(24)9-12/h4-9,17,24H,10H2,1-3H3,(H,21,23). The van der Waals surface area contributed by atoms with Crippen molar-refractivity contribution in [3.8, 4) is 11.5 Å². The van der Waals surface area contributed by atoms with Gasteiger partial charge in [-0.15, -0.1) is 0 Å². The molecule has 158 valence electrons. The van der Waals surface area contributed by atoms with E-state index in [4.69, 9.17) is 4.74 Å². The second kappa shape index (κ2) is 7.79. The number of nitrogens with zero attached hydrogens (tertiary/aromatic N) is 1. The van der Waals surface area contributed by atoms with Crippen LogP contribution in [0, 0.1) is 0 Å². The monoisotopic (exact) mass is 432 g/mol. The fraction of sp³-hybridized carbons (Fsp3) is 0.250. The van der Waals surface area contributed by atoms with Gasteiger partial charge in [-0.1, -0.05) is 12.1 Å². The molecular formula is C20H20N2O7S. The van der Waals surface area contributed by atoms with Crippen LogP contribution in [-0.2, 0) is 14.6 Å². The van der Waals surface area contributed by atoms with Crippen LogP contribution in [-0.4, -0.2) is 56.1 Å². The fourth-order valence-electron chi connectivity index (χ4n) is 3.35. The van der Waals surface area contributed by atoms with Crippen molar-refractivity contribution in [3.05, 3.63) is 53.1 Å². The molecule has 3 amide bonds. The van der Waals surface area contributed by atoms with Crippen molar-refractivity contribution >= 4 is 33.2 Å². The van der Waals surface area contributed by atoms with E-state index in [9.17, 15) is 27.9 Å². The van der Waals surface area contributed by atoms with Gasteiger partial charge < -0.3 is 15.2 Å². The minimum Gasteiger partial charge on any atom is -0.504 e. The highest BCUT2D eigenvalue weighted by atomic mass is 32.2. The number of aromatic hydroxyl groups is 1. The molecule has 3 rings (SSSR count). The van der Waals surface area contributed by atoms with Crippen LogP contribution >= 0.6 is 0 Å². The highest BCUT2D eigenvalue weighted by molar-refractivity contribution is 7.91. The molecule has 1 aliphatic heterocycles. The predicted octanol–water partition coefficient (Wildman–Crippen LogP) is 1.74. The molecule has 30 heavy (non-hydrogen) atoms. The zero-order valence-electron chi connectivity index (χ0n) is 16.5. The van der Waals surface area contributed by atoms with Crippen LogP contribution in [0.25, 0.3) is 0 Å². The highest BCUT2D eigenvalue weighted by Crippen LogP contribution is 2.35. The molecule has 0 bridgehead atoms. The Morgan fingerprint density at radius 3 is 2.47 bits per heavy atom. The zero-order chi connectivity index (χ0) is 22.2. The minimum atomic E-state index is -3.77. The van der Waals surface area contributed by atoms with E-state index in [2.05, 4.69) is 5.32 Å². The summed E-state index contributed by atoms with van der Waals surface area (Å²) in [4.78, 5) is 38.1. The number of sulfone groups is 1. The number of methoxy groups -OCH3 is 1. The summed E-state index contributed by atoms with van der Waals surface area (Å²) < 4.78 is 29.9. The number of hydrogen-bond donors (Lipinski definition) is 2. The largest absolute Gasteiger partial charge is 0.504 e. The molecule has 2 N–H and O–H groups in total. The normalized spacial score (nSPS) is 14.4. The lowest BCUT2D eigenvalue weighted by Gasteiger charge is -2.22. The van der Waals surface area contributed by atoms with Crippen molar-refractivity contribution in [3.63, 3.8) is 0 Å². The second-order valence-corrected chi connectivity index (χ2v) is 9.11. The van der Waals surface area contributed by atoms with Crippen LogP contribution in [0.15, 0.2) is 36.4 Å². The van der Waals surface area contributed by atoms with Gasteiger partial charge >= 0.3 is 0 Å². The van der Waals surface area contributed by atoms with Gasteiger partial charge in [-0.2, -0.15) is 0 Å². The van der Waals surface area contributed by atoms with Gasteiger partial charge in [0, 0.05) is 13.2 Å². The quantitative estimate of drug-likeness (QED) is 0.665. The number of anilines is 1. The van der Waals surface area contributed by atoms with Crippen molar-refractivity contribution in [2.24, 2.45) is 0 Å². The number of benzene rings is 2. The van der Waals surface area contributed by atoms with Crippen molar-refractivity contribution in [1.29, 1.82) is 0 Å². The van der Waals surface area contributed by atoms with Crippen molar-refractivity contribution in [1.82, 2.24) is 4.90 Å². The Morgan fingerprint density at radius 1 is 1.20 bits per heavy atom. The number of imide groups is 1. The van der Waals surface area contributed by atoms with E-state index in [1.165, 1.54) is 50.4 Å². The van der Waals surface area contributed by atoms with Gasteiger partial charge in [-0.25, -0.2) is 8.42 Å². The van der Waals surface area contributed by atoms with Crippen LogP contribution in [0.2, 0.25) is 0 Å². The molecule has 1 atom stereocenters. The average Bonchev–Trinajstić information content (AvgIpc) is 2.89. The molecule has 0 saturated heterocycles. The van der Waals surface area contributed by atoms with Crippen LogP contribution in [0.3, 0.4) is 0 Å². The highest BCUT2D eigenvalue weighted by Gasteiger charge is 2.40. The summed E-state index contributed by atoms with van der Waals surface area (Å²) in [6.07, 6.45) is 0.986. The lowest BCUT2D eigenvalue weighted by Crippen LogP contribution is -2.36. The first-order valence-corrected chi connectivity index (χ1v) is 10.8. The smallest absolute Gasteiger partial charge is 0.263 e. The Balaban J connectivity index is 2.00. The maximum Gasteiger partial charge on any atom is 0.263 e. The molecule has 0 fully saturated rings. The predicted molar refractivity (Wildman–Crippen MR) is 108 cm³/mol. The summed E-state index contributed by atoms with van der Waals surface area (Å²) in [7, 11) is -2.42. The van der Waals surface area contributed by atoms with Crippen LogP contribution in [0.1, 0.15) is 38.5 Å². The third kappa shape index (κ3) is 3.86. The summed E-state index contributed by atoms with van der Waals surface area (Å²) in [6.45, 7) is 0.824. The topological polar surface area (TPSA) is 130 Å². The molecule has 1 aliphatic rings. The first kappa shape index (κ1) is 21.3. The van der Waals surface area contributed by atoms with Crippen LogP contribution < -0.4 is 10.1 Å². The number of rotatable bonds is 6. The summed E-state index contributed by atoms with van der Waals surface area (Å²) >= 11 is 0. The SMILES string of the molecule is COc1ccc(C(CN2C(=O)c3cccc(NC(C)=O)c3C2=O)S(C)(=O)=O)cc1O. The molecule has 2 aromatic rings. The number of amides is 3. The molecule has 1 heterocycles. The Bertz CT molecular complexity index is 1160. The average molecular weight is 432 g/mol.